The predicted octanol–water partition coefficient (Wildman–Crippen LogP) is 2.86. The van der Waals surface area contributed by atoms with E-state index in [-0.39, 0.29) is 5.92 Å². The van der Waals surface area contributed by atoms with Crippen molar-refractivity contribution in [3.05, 3.63) is 35.4 Å². The molecule has 17 heavy (non-hydrogen) atoms. The topological polar surface area (TPSA) is 54.4 Å². The quantitative estimate of drug-likeness (QED) is 0.815. The number of hydrogen-bond donors (Lipinski definition) is 1. The van der Waals surface area contributed by atoms with Crippen LogP contribution in [0.3, 0.4) is 0 Å². The van der Waals surface area contributed by atoms with Crippen LogP contribution in [-0.2, 0) is 4.79 Å². The average Bonchev–Trinajstić information content (AvgIpc) is 2.39. The molecular formula is C14H16O3. The molecule has 3 nitrogen and oxygen atoms in total. The average molecular weight is 232 g/mol. The van der Waals surface area contributed by atoms with Crippen molar-refractivity contribution in [2.45, 2.75) is 31.6 Å². The lowest BCUT2D eigenvalue weighted by atomic mass is 9.78. The minimum atomic E-state index is -0.667. The van der Waals surface area contributed by atoms with Gasteiger partial charge in [-0.3, -0.25) is 9.59 Å². The lowest BCUT2D eigenvalue weighted by molar-refractivity contribution is -0.142. The number of aldehydes is 1. The maximum atomic E-state index is 10.8. The van der Waals surface area contributed by atoms with Crippen LogP contribution >= 0.6 is 0 Å². The van der Waals surface area contributed by atoms with Gasteiger partial charge in [0, 0.05) is 5.56 Å². The molecule has 0 radical (unpaired) electrons. The Morgan fingerprint density at radius 2 is 1.71 bits per heavy atom. The van der Waals surface area contributed by atoms with Crippen LogP contribution in [0.25, 0.3) is 0 Å². The van der Waals surface area contributed by atoms with Gasteiger partial charge in [-0.25, -0.2) is 0 Å². The second-order valence-corrected chi connectivity index (χ2v) is 4.67. The number of benzene rings is 1. The van der Waals surface area contributed by atoms with Gasteiger partial charge in [-0.1, -0.05) is 24.3 Å². The Labute approximate surface area is 100 Å². The normalized spacial score (nSPS) is 24.2. The second-order valence-electron chi connectivity index (χ2n) is 4.67. The Kier molecular flexibility index (Phi) is 3.57. The molecule has 90 valence electrons. The number of aliphatic carboxylic acids is 1. The van der Waals surface area contributed by atoms with Crippen molar-refractivity contribution >= 4 is 12.3 Å². The number of carboxylic acid groups (broad SMARTS) is 1. The molecule has 1 aromatic carbocycles. The molecule has 2 rings (SSSR count). The molecule has 1 fully saturated rings. The van der Waals surface area contributed by atoms with Crippen molar-refractivity contribution < 1.29 is 14.7 Å². The van der Waals surface area contributed by atoms with Gasteiger partial charge in [0.15, 0.2) is 0 Å². The zero-order valence-corrected chi connectivity index (χ0v) is 9.63. The Morgan fingerprint density at radius 3 is 2.18 bits per heavy atom. The molecule has 0 atom stereocenters. The van der Waals surface area contributed by atoms with E-state index in [2.05, 4.69) is 0 Å². The molecular weight excluding hydrogens is 216 g/mol. The Hall–Kier alpha value is -1.64. The van der Waals surface area contributed by atoms with Crippen LogP contribution in [0.5, 0.6) is 0 Å². The van der Waals surface area contributed by atoms with Crippen LogP contribution in [0.15, 0.2) is 24.3 Å². The third kappa shape index (κ3) is 2.73. The molecule has 1 saturated carbocycles. The van der Waals surface area contributed by atoms with Crippen molar-refractivity contribution in [2.75, 3.05) is 0 Å². The Balaban J connectivity index is 2.00. The molecule has 1 aliphatic carbocycles. The first kappa shape index (κ1) is 11.8. The highest BCUT2D eigenvalue weighted by atomic mass is 16.4. The van der Waals surface area contributed by atoms with Crippen LogP contribution in [0.1, 0.15) is 47.5 Å². The highest BCUT2D eigenvalue weighted by Crippen LogP contribution is 2.35. The zero-order valence-electron chi connectivity index (χ0n) is 9.63. The second kappa shape index (κ2) is 5.13. The molecule has 1 aromatic rings. The van der Waals surface area contributed by atoms with E-state index in [1.807, 2.05) is 24.3 Å². The monoisotopic (exact) mass is 232 g/mol. The van der Waals surface area contributed by atoms with Crippen molar-refractivity contribution in [1.82, 2.24) is 0 Å². The van der Waals surface area contributed by atoms with Crippen LogP contribution in [0.2, 0.25) is 0 Å². The highest BCUT2D eigenvalue weighted by Gasteiger charge is 2.26. The van der Waals surface area contributed by atoms with Crippen molar-refractivity contribution in [3.63, 3.8) is 0 Å². The summed E-state index contributed by atoms with van der Waals surface area (Å²) in [6.07, 6.45) is 4.21. The molecule has 0 heterocycles. The van der Waals surface area contributed by atoms with E-state index >= 15 is 0 Å². The predicted molar refractivity (Wildman–Crippen MR) is 64.2 cm³/mol. The number of hydrogen-bond acceptors (Lipinski definition) is 2. The van der Waals surface area contributed by atoms with Crippen LogP contribution in [-0.4, -0.2) is 17.4 Å². The minimum Gasteiger partial charge on any atom is -0.481 e. The van der Waals surface area contributed by atoms with Gasteiger partial charge in [0.2, 0.25) is 0 Å². The SMILES string of the molecule is O=Cc1ccc(C2CCC(C(=O)O)CC2)cc1. The largest absolute Gasteiger partial charge is 0.481 e. The molecule has 0 aromatic heterocycles. The van der Waals surface area contributed by atoms with E-state index in [0.717, 1.165) is 32.0 Å². The van der Waals surface area contributed by atoms with Gasteiger partial charge in [0.1, 0.15) is 6.29 Å². The fourth-order valence-electron chi connectivity index (χ4n) is 2.52. The maximum Gasteiger partial charge on any atom is 0.306 e. The summed E-state index contributed by atoms with van der Waals surface area (Å²) in [7, 11) is 0. The molecule has 3 heteroatoms. The summed E-state index contributed by atoms with van der Waals surface area (Å²) in [4.78, 5) is 21.4. The number of rotatable bonds is 3. The summed E-state index contributed by atoms with van der Waals surface area (Å²) in [5.41, 5.74) is 1.91. The zero-order chi connectivity index (χ0) is 12.3. The van der Waals surface area contributed by atoms with Gasteiger partial charge >= 0.3 is 5.97 Å². The van der Waals surface area contributed by atoms with Gasteiger partial charge in [-0.15, -0.1) is 0 Å². The fraction of sp³-hybridized carbons (Fsp3) is 0.429. The minimum absolute atomic E-state index is 0.166. The molecule has 0 bridgehead atoms. The van der Waals surface area contributed by atoms with Gasteiger partial charge in [-0.05, 0) is 37.2 Å². The first-order valence-electron chi connectivity index (χ1n) is 5.98. The van der Waals surface area contributed by atoms with Gasteiger partial charge in [0.25, 0.3) is 0 Å². The summed E-state index contributed by atoms with van der Waals surface area (Å²) in [6.45, 7) is 0. The molecule has 1 aliphatic rings. The van der Waals surface area contributed by atoms with Crippen LogP contribution in [0, 0.1) is 5.92 Å². The van der Waals surface area contributed by atoms with Gasteiger partial charge in [0.05, 0.1) is 5.92 Å². The molecule has 0 amide bonds. The van der Waals surface area contributed by atoms with Crippen molar-refractivity contribution in [1.29, 1.82) is 0 Å². The highest BCUT2D eigenvalue weighted by molar-refractivity contribution is 5.74. The number of carboxylic acids is 1. The van der Waals surface area contributed by atoms with Crippen LogP contribution in [0.4, 0.5) is 0 Å². The smallest absolute Gasteiger partial charge is 0.306 e. The number of carbonyl (C=O) groups excluding carboxylic acids is 1. The fourth-order valence-corrected chi connectivity index (χ4v) is 2.52. The summed E-state index contributed by atoms with van der Waals surface area (Å²) >= 11 is 0. The van der Waals surface area contributed by atoms with Crippen LogP contribution < -0.4 is 0 Å². The van der Waals surface area contributed by atoms with Crippen molar-refractivity contribution in [2.24, 2.45) is 5.92 Å². The van der Waals surface area contributed by atoms with E-state index in [1.165, 1.54) is 5.56 Å². The maximum absolute atomic E-state index is 10.8. The van der Waals surface area contributed by atoms with E-state index < -0.39 is 5.97 Å². The third-order valence-electron chi connectivity index (χ3n) is 3.62. The van der Waals surface area contributed by atoms with Gasteiger partial charge in [-0.2, -0.15) is 0 Å². The summed E-state index contributed by atoms with van der Waals surface area (Å²) < 4.78 is 0. The Morgan fingerprint density at radius 1 is 1.12 bits per heavy atom. The van der Waals surface area contributed by atoms with Gasteiger partial charge < -0.3 is 5.11 Å². The molecule has 0 aliphatic heterocycles. The Bertz CT molecular complexity index is 400. The first-order valence-corrected chi connectivity index (χ1v) is 5.98. The summed E-state index contributed by atoms with van der Waals surface area (Å²) in [5.74, 6) is -0.383. The first-order chi connectivity index (χ1) is 8.20. The van der Waals surface area contributed by atoms with E-state index in [9.17, 15) is 9.59 Å². The molecule has 0 spiro atoms. The molecule has 0 unspecified atom stereocenters. The standard InChI is InChI=1S/C14H16O3/c15-9-10-1-3-11(4-2-10)12-5-7-13(8-6-12)14(16)17/h1-4,9,12-13H,5-8H2,(H,16,17). The lowest BCUT2D eigenvalue weighted by Crippen LogP contribution is -2.20. The summed E-state index contributed by atoms with van der Waals surface area (Å²) in [6, 6.07) is 7.61. The molecule has 0 saturated heterocycles. The lowest BCUT2D eigenvalue weighted by Gasteiger charge is -2.26. The van der Waals surface area contributed by atoms with Crippen molar-refractivity contribution in [3.8, 4) is 0 Å². The van der Waals surface area contributed by atoms with E-state index in [1.54, 1.807) is 0 Å². The number of carbonyl (C=O) groups is 2. The van der Waals surface area contributed by atoms with E-state index in [0.29, 0.717) is 11.5 Å². The van der Waals surface area contributed by atoms with E-state index in [4.69, 9.17) is 5.11 Å². The summed E-state index contributed by atoms with van der Waals surface area (Å²) in [5, 5.41) is 8.92. The molecule has 1 N–H and O–H groups in total. The third-order valence-corrected chi connectivity index (χ3v) is 3.62.